The Labute approximate surface area is 168 Å². The summed E-state index contributed by atoms with van der Waals surface area (Å²) in [6.07, 6.45) is 2.10. The van der Waals surface area contributed by atoms with Crippen molar-refractivity contribution in [2.45, 2.75) is 32.8 Å². The molecule has 0 amide bonds. The Morgan fingerprint density at radius 3 is 2.50 bits per heavy atom. The van der Waals surface area contributed by atoms with E-state index < -0.39 is 0 Å². The minimum atomic E-state index is 0.0662. The Morgan fingerprint density at radius 1 is 0.893 bits per heavy atom. The maximum atomic E-state index is 6.02. The highest BCUT2D eigenvalue weighted by atomic mass is 16.5. The van der Waals surface area contributed by atoms with Crippen LogP contribution >= 0.6 is 0 Å². The van der Waals surface area contributed by atoms with Crippen LogP contribution in [0.3, 0.4) is 0 Å². The smallest absolute Gasteiger partial charge is 0.122 e. The average molecular weight is 376 g/mol. The molecule has 0 aromatic heterocycles. The van der Waals surface area contributed by atoms with E-state index >= 15 is 0 Å². The number of hydrogen-bond acceptors (Lipinski definition) is 3. The van der Waals surface area contributed by atoms with Gasteiger partial charge in [-0.05, 0) is 56.0 Å². The van der Waals surface area contributed by atoms with Gasteiger partial charge >= 0.3 is 0 Å². The second kappa shape index (κ2) is 10.4. The van der Waals surface area contributed by atoms with Crippen molar-refractivity contribution >= 4 is 5.69 Å². The Morgan fingerprint density at radius 2 is 1.68 bits per heavy atom. The molecule has 28 heavy (non-hydrogen) atoms. The molecule has 0 saturated carbocycles. The summed E-state index contributed by atoms with van der Waals surface area (Å²) >= 11 is 0. The van der Waals surface area contributed by atoms with Gasteiger partial charge in [-0.2, -0.15) is 0 Å². The molecule has 3 nitrogen and oxygen atoms in total. The van der Waals surface area contributed by atoms with E-state index in [0.717, 1.165) is 42.1 Å². The van der Waals surface area contributed by atoms with Crippen molar-refractivity contribution < 1.29 is 9.47 Å². The summed E-state index contributed by atoms with van der Waals surface area (Å²) in [5, 5.41) is 3.44. The predicted molar refractivity (Wildman–Crippen MR) is 116 cm³/mol. The fourth-order valence-electron chi connectivity index (χ4n) is 3.02. The molecule has 0 heterocycles. The van der Waals surface area contributed by atoms with Gasteiger partial charge in [0.2, 0.25) is 0 Å². The van der Waals surface area contributed by atoms with Gasteiger partial charge in [-0.25, -0.2) is 0 Å². The highest BCUT2D eigenvalue weighted by Crippen LogP contribution is 2.20. The summed E-state index contributed by atoms with van der Waals surface area (Å²) in [5.41, 5.74) is 3.55. The van der Waals surface area contributed by atoms with E-state index in [1.807, 2.05) is 42.5 Å². The van der Waals surface area contributed by atoms with E-state index in [0.29, 0.717) is 6.61 Å². The van der Waals surface area contributed by atoms with Crippen molar-refractivity contribution in [3.05, 3.63) is 90.0 Å². The van der Waals surface area contributed by atoms with Gasteiger partial charge in [0.25, 0.3) is 0 Å². The molecule has 0 bridgehead atoms. The quantitative estimate of drug-likeness (QED) is 0.448. The summed E-state index contributed by atoms with van der Waals surface area (Å²) < 4.78 is 11.9. The van der Waals surface area contributed by atoms with Crippen molar-refractivity contribution in [3.8, 4) is 11.5 Å². The normalized spacial score (nSPS) is 11.6. The third-order valence-electron chi connectivity index (χ3n) is 4.57. The molecule has 0 saturated heterocycles. The number of rotatable bonds is 10. The molecule has 0 fully saturated rings. The Bertz CT molecular complexity index is 848. The molecular formula is C25H29NO2. The standard InChI is InChI=1S/C25H29NO2/c1-20-10-6-7-16-25(20)28-21(2)19-26-23-14-8-15-24(18-23)27-17-9-13-22-11-4-3-5-12-22/h3-8,10-12,14-16,18,21,26H,9,13,17,19H2,1-2H3/t21-/m0/s1. The Kier molecular flexibility index (Phi) is 7.36. The maximum absolute atomic E-state index is 6.02. The third-order valence-corrected chi connectivity index (χ3v) is 4.57. The lowest BCUT2D eigenvalue weighted by Crippen LogP contribution is -2.23. The number of nitrogens with one attached hydrogen (secondary N) is 1. The molecule has 0 spiro atoms. The molecule has 0 aliphatic heterocycles. The summed E-state index contributed by atoms with van der Waals surface area (Å²) in [6.45, 7) is 5.58. The van der Waals surface area contributed by atoms with Gasteiger partial charge < -0.3 is 14.8 Å². The summed E-state index contributed by atoms with van der Waals surface area (Å²) in [6, 6.07) is 26.7. The first-order chi connectivity index (χ1) is 13.7. The van der Waals surface area contributed by atoms with Crippen LogP contribution in [0.4, 0.5) is 5.69 Å². The van der Waals surface area contributed by atoms with E-state index in [1.54, 1.807) is 0 Å². The fourth-order valence-corrected chi connectivity index (χ4v) is 3.02. The summed E-state index contributed by atoms with van der Waals surface area (Å²) in [7, 11) is 0. The number of para-hydroxylation sites is 1. The van der Waals surface area contributed by atoms with E-state index in [2.05, 4.69) is 55.6 Å². The summed E-state index contributed by atoms with van der Waals surface area (Å²) in [4.78, 5) is 0. The zero-order valence-corrected chi connectivity index (χ0v) is 16.7. The maximum Gasteiger partial charge on any atom is 0.122 e. The molecule has 3 rings (SSSR count). The molecule has 0 aliphatic carbocycles. The molecule has 0 aliphatic rings. The van der Waals surface area contributed by atoms with Crippen LogP contribution in [0, 0.1) is 6.92 Å². The third kappa shape index (κ3) is 6.34. The molecule has 3 aromatic carbocycles. The first kappa shape index (κ1) is 19.8. The van der Waals surface area contributed by atoms with Gasteiger partial charge in [-0.1, -0.05) is 54.6 Å². The van der Waals surface area contributed by atoms with Crippen LogP contribution < -0.4 is 14.8 Å². The minimum absolute atomic E-state index is 0.0662. The predicted octanol–water partition coefficient (Wildman–Crippen LogP) is 5.89. The molecule has 1 atom stereocenters. The lowest BCUT2D eigenvalue weighted by atomic mass is 10.1. The molecular weight excluding hydrogens is 346 g/mol. The van der Waals surface area contributed by atoms with Gasteiger partial charge in [0.05, 0.1) is 13.2 Å². The topological polar surface area (TPSA) is 30.5 Å². The first-order valence-electron chi connectivity index (χ1n) is 9.93. The van der Waals surface area contributed by atoms with Crippen molar-refractivity contribution in [2.75, 3.05) is 18.5 Å². The number of benzene rings is 3. The highest BCUT2D eigenvalue weighted by Gasteiger charge is 2.06. The Balaban J connectivity index is 1.42. The number of anilines is 1. The van der Waals surface area contributed by atoms with Gasteiger partial charge in [0.15, 0.2) is 0 Å². The number of ether oxygens (including phenoxy) is 2. The monoisotopic (exact) mass is 375 g/mol. The van der Waals surface area contributed by atoms with Crippen molar-refractivity contribution in [1.82, 2.24) is 0 Å². The minimum Gasteiger partial charge on any atom is -0.494 e. The van der Waals surface area contributed by atoms with Crippen LogP contribution in [0.1, 0.15) is 24.5 Å². The second-order valence-corrected chi connectivity index (χ2v) is 7.04. The van der Waals surface area contributed by atoms with Crippen molar-refractivity contribution in [2.24, 2.45) is 0 Å². The van der Waals surface area contributed by atoms with Crippen LogP contribution in [0.5, 0.6) is 11.5 Å². The fraction of sp³-hybridized carbons (Fsp3) is 0.280. The number of hydrogen-bond donors (Lipinski definition) is 1. The Hall–Kier alpha value is -2.94. The first-order valence-corrected chi connectivity index (χ1v) is 9.93. The van der Waals surface area contributed by atoms with Gasteiger partial charge in [0.1, 0.15) is 17.6 Å². The molecule has 0 radical (unpaired) electrons. The highest BCUT2D eigenvalue weighted by molar-refractivity contribution is 5.48. The van der Waals surface area contributed by atoms with E-state index in [4.69, 9.17) is 9.47 Å². The van der Waals surface area contributed by atoms with Crippen LogP contribution in [0.25, 0.3) is 0 Å². The zero-order chi connectivity index (χ0) is 19.6. The lowest BCUT2D eigenvalue weighted by molar-refractivity contribution is 0.233. The number of aryl methyl sites for hydroxylation is 2. The van der Waals surface area contributed by atoms with Gasteiger partial charge in [0, 0.05) is 11.8 Å². The van der Waals surface area contributed by atoms with Crippen LogP contribution in [-0.4, -0.2) is 19.3 Å². The van der Waals surface area contributed by atoms with Gasteiger partial charge in [-0.15, -0.1) is 0 Å². The second-order valence-electron chi connectivity index (χ2n) is 7.04. The average Bonchev–Trinajstić information content (AvgIpc) is 2.73. The van der Waals surface area contributed by atoms with E-state index in [-0.39, 0.29) is 6.10 Å². The largest absolute Gasteiger partial charge is 0.494 e. The van der Waals surface area contributed by atoms with Crippen LogP contribution in [0.2, 0.25) is 0 Å². The SMILES string of the molecule is Cc1ccccc1O[C@@H](C)CNc1cccc(OCCCc2ccccc2)c1. The summed E-state index contributed by atoms with van der Waals surface area (Å²) in [5.74, 6) is 1.83. The van der Waals surface area contributed by atoms with Crippen molar-refractivity contribution in [3.63, 3.8) is 0 Å². The zero-order valence-electron chi connectivity index (χ0n) is 16.7. The van der Waals surface area contributed by atoms with E-state index in [1.165, 1.54) is 5.56 Å². The van der Waals surface area contributed by atoms with E-state index in [9.17, 15) is 0 Å². The van der Waals surface area contributed by atoms with Crippen molar-refractivity contribution in [1.29, 1.82) is 0 Å². The molecule has 0 unspecified atom stereocenters. The molecule has 146 valence electrons. The van der Waals surface area contributed by atoms with Gasteiger partial charge in [-0.3, -0.25) is 0 Å². The molecule has 1 N–H and O–H groups in total. The van der Waals surface area contributed by atoms with Crippen LogP contribution in [0.15, 0.2) is 78.9 Å². The van der Waals surface area contributed by atoms with Crippen LogP contribution in [-0.2, 0) is 6.42 Å². The lowest BCUT2D eigenvalue weighted by Gasteiger charge is -2.18. The molecule has 3 heteroatoms. The molecule has 3 aromatic rings.